The molecule has 60 valence electrons. The molecule has 0 saturated heterocycles. The van der Waals surface area contributed by atoms with Crippen LogP contribution in [0, 0.1) is 0 Å². The molecule has 3 nitrogen and oxygen atoms in total. The molecule has 11 heavy (non-hydrogen) atoms. The molecular weight excluding hydrogens is 138 g/mol. The van der Waals surface area contributed by atoms with Crippen molar-refractivity contribution >= 4 is 0 Å². The fraction of sp³-hybridized carbons (Fsp3) is 0.625. The summed E-state index contributed by atoms with van der Waals surface area (Å²) in [7, 11) is 0. The van der Waals surface area contributed by atoms with E-state index in [9.17, 15) is 0 Å². The molecule has 0 radical (unpaired) electrons. The van der Waals surface area contributed by atoms with Crippen LogP contribution in [0.1, 0.15) is 12.6 Å². The first-order valence-corrected chi connectivity index (χ1v) is 4.14. The predicted molar refractivity (Wildman–Crippen MR) is 43.4 cm³/mol. The molecule has 0 spiro atoms. The second-order valence-electron chi connectivity index (χ2n) is 2.96. The lowest BCUT2D eigenvalue weighted by Gasteiger charge is -2.07. The van der Waals surface area contributed by atoms with Gasteiger partial charge in [0, 0.05) is 24.4 Å². The third-order valence-corrected chi connectivity index (χ3v) is 2.15. The minimum absolute atomic E-state index is 0.615. The topological polar surface area (TPSA) is 29.9 Å². The van der Waals surface area contributed by atoms with E-state index in [1.165, 1.54) is 5.69 Å². The van der Waals surface area contributed by atoms with Gasteiger partial charge in [0.1, 0.15) is 0 Å². The number of fused-ring (bicyclic) bond motifs is 1. The first-order valence-electron chi connectivity index (χ1n) is 4.14. The molecule has 1 aromatic heterocycles. The number of nitrogens with one attached hydrogen (secondary N) is 1. The zero-order chi connectivity index (χ0) is 7.68. The van der Waals surface area contributed by atoms with Gasteiger partial charge < -0.3 is 5.32 Å². The molecule has 1 atom stereocenters. The van der Waals surface area contributed by atoms with Crippen molar-refractivity contribution in [3.63, 3.8) is 0 Å². The lowest BCUT2D eigenvalue weighted by molar-refractivity contribution is 0.494. The summed E-state index contributed by atoms with van der Waals surface area (Å²) in [5.41, 5.74) is 1.36. The van der Waals surface area contributed by atoms with Crippen LogP contribution in [-0.4, -0.2) is 22.4 Å². The molecule has 1 aromatic rings. The number of aromatic nitrogens is 2. The molecule has 0 saturated carbocycles. The Balaban J connectivity index is 2.04. The van der Waals surface area contributed by atoms with Crippen LogP contribution < -0.4 is 5.32 Å². The van der Waals surface area contributed by atoms with Gasteiger partial charge in [-0.1, -0.05) is 6.92 Å². The molecule has 1 aliphatic heterocycles. The summed E-state index contributed by atoms with van der Waals surface area (Å²) in [6.45, 7) is 4.23. The minimum Gasteiger partial charge on any atom is -0.312 e. The molecule has 0 fully saturated rings. The molecular formula is C8H13N3. The van der Waals surface area contributed by atoms with Gasteiger partial charge in [-0.2, -0.15) is 5.10 Å². The number of nitrogens with zero attached hydrogens (tertiary/aromatic N) is 2. The highest BCUT2D eigenvalue weighted by atomic mass is 15.3. The maximum Gasteiger partial charge on any atom is 0.0569 e. The average Bonchev–Trinajstić information content (AvgIpc) is 2.46. The molecule has 3 heteroatoms. The van der Waals surface area contributed by atoms with Crippen LogP contribution in [0.4, 0.5) is 0 Å². The lowest BCUT2D eigenvalue weighted by Crippen LogP contribution is -2.30. The van der Waals surface area contributed by atoms with Gasteiger partial charge in [-0.15, -0.1) is 0 Å². The van der Waals surface area contributed by atoms with E-state index < -0.39 is 0 Å². The zero-order valence-electron chi connectivity index (χ0n) is 6.75. The van der Waals surface area contributed by atoms with Crippen LogP contribution in [0.2, 0.25) is 0 Å². The highest BCUT2D eigenvalue weighted by Gasteiger charge is 2.19. The molecule has 2 rings (SSSR count). The van der Waals surface area contributed by atoms with Crippen LogP contribution >= 0.6 is 0 Å². The highest BCUT2D eigenvalue weighted by molar-refractivity contribution is 5.07. The fourth-order valence-corrected chi connectivity index (χ4v) is 1.65. The number of hydrogen-bond acceptors (Lipinski definition) is 2. The van der Waals surface area contributed by atoms with Crippen LogP contribution in [0.15, 0.2) is 12.3 Å². The summed E-state index contributed by atoms with van der Waals surface area (Å²) in [5.74, 6) is 0. The van der Waals surface area contributed by atoms with Gasteiger partial charge in [0.05, 0.1) is 6.54 Å². The number of hydrogen-bond donors (Lipinski definition) is 1. The van der Waals surface area contributed by atoms with Gasteiger partial charge in [-0.25, -0.2) is 0 Å². The van der Waals surface area contributed by atoms with E-state index in [0.29, 0.717) is 6.04 Å². The fourth-order valence-electron chi connectivity index (χ4n) is 1.65. The van der Waals surface area contributed by atoms with Crippen molar-refractivity contribution in [1.29, 1.82) is 0 Å². The van der Waals surface area contributed by atoms with Gasteiger partial charge >= 0.3 is 0 Å². The van der Waals surface area contributed by atoms with E-state index >= 15 is 0 Å². The SMILES string of the molecule is CCN[C@H]1Cc2ccnn2C1. The quantitative estimate of drug-likeness (QED) is 0.663. The Morgan fingerprint density at radius 1 is 1.82 bits per heavy atom. The number of rotatable bonds is 2. The maximum absolute atomic E-state index is 4.21. The third kappa shape index (κ3) is 1.16. The number of likely N-dealkylation sites (N-methyl/N-ethyl adjacent to an activating group) is 1. The first kappa shape index (κ1) is 6.85. The third-order valence-electron chi connectivity index (χ3n) is 2.15. The van der Waals surface area contributed by atoms with Crippen molar-refractivity contribution in [3.8, 4) is 0 Å². The normalized spacial score (nSPS) is 22.1. The molecule has 0 unspecified atom stereocenters. The predicted octanol–water partition coefficient (Wildman–Crippen LogP) is 0.417. The van der Waals surface area contributed by atoms with Crippen molar-refractivity contribution in [2.45, 2.75) is 25.9 Å². The largest absolute Gasteiger partial charge is 0.312 e. The van der Waals surface area contributed by atoms with Crippen LogP contribution in [-0.2, 0) is 13.0 Å². The Hall–Kier alpha value is -0.830. The maximum atomic E-state index is 4.21. The summed E-state index contributed by atoms with van der Waals surface area (Å²) < 4.78 is 2.08. The summed E-state index contributed by atoms with van der Waals surface area (Å²) in [4.78, 5) is 0. The van der Waals surface area contributed by atoms with Crippen molar-refractivity contribution in [2.24, 2.45) is 0 Å². The van der Waals surface area contributed by atoms with Crippen molar-refractivity contribution in [3.05, 3.63) is 18.0 Å². The van der Waals surface area contributed by atoms with Crippen molar-refractivity contribution in [2.75, 3.05) is 6.54 Å². The Morgan fingerprint density at radius 2 is 2.73 bits per heavy atom. The Kier molecular flexibility index (Phi) is 1.66. The van der Waals surface area contributed by atoms with E-state index in [1.54, 1.807) is 0 Å². The summed E-state index contributed by atoms with van der Waals surface area (Å²) in [5, 5.41) is 7.62. The van der Waals surface area contributed by atoms with Crippen LogP contribution in [0.3, 0.4) is 0 Å². The minimum atomic E-state index is 0.615. The van der Waals surface area contributed by atoms with E-state index in [0.717, 1.165) is 19.5 Å². The van der Waals surface area contributed by atoms with Gasteiger partial charge in [0.15, 0.2) is 0 Å². The van der Waals surface area contributed by atoms with E-state index in [4.69, 9.17) is 0 Å². The second kappa shape index (κ2) is 2.66. The molecule has 1 N–H and O–H groups in total. The Morgan fingerprint density at radius 3 is 3.45 bits per heavy atom. The zero-order valence-corrected chi connectivity index (χ0v) is 6.75. The lowest BCUT2D eigenvalue weighted by atomic mass is 10.2. The van der Waals surface area contributed by atoms with Crippen LogP contribution in [0.5, 0.6) is 0 Å². The molecule has 1 aliphatic rings. The molecule has 0 aromatic carbocycles. The van der Waals surface area contributed by atoms with E-state index in [2.05, 4.69) is 28.1 Å². The summed E-state index contributed by atoms with van der Waals surface area (Å²) in [6.07, 6.45) is 3.01. The van der Waals surface area contributed by atoms with Gasteiger partial charge in [0.25, 0.3) is 0 Å². The second-order valence-corrected chi connectivity index (χ2v) is 2.96. The smallest absolute Gasteiger partial charge is 0.0569 e. The Bertz CT molecular complexity index is 221. The van der Waals surface area contributed by atoms with E-state index in [-0.39, 0.29) is 0 Å². The monoisotopic (exact) mass is 151 g/mol. The standard InChI is InChI=1S/C8H13N3/c1-2-9-7-5-8-3-4-10-11(8)6-7/h3-4,7,9H,2,5-6H2,1H3/t7-/m0/s1. The van der Waals surface area contributed by atoms with Gasteiger partial charge in [0.2, 0.25) is 0 Å². The first-order chi connectivity index (χ1) is 5.40. The van der Waals surface area contributed by atoms with Crippen LogP contribution in [0.25, 0.3) is 0 Å². The summed E-state index contributed by atoms with van der Waals surface area (Å²) in [6, 6.07) is 2.71. The van der Waals surface area contributed by atoms with Gasteiger partial charge in [-0.05, 0) is 12.6 Å². The molecule has 0 aliphatic carbocycles. The summed E-state index contributed by atoms with van der Waals surface area (Å²) >= 11 is 0. The van der Waals surface area contributed by atoms with Gasteiger partial charge in [-0.3, -0.25) is 4.68 Å². The molecule has 2 heterocycles. The molecule has 0 bridgehead atoms. The average molecular weight is 151 g/mol. The Labute approximate surface area is 66.4 Å². The van der Waals surface area contributed by atoms with Crippen molar-refractivity contribution in [1.82, 2.24) is 15.1 Å². The van der Waals surface area contributed by atoms with E-state index in [1.807, 2.05) is 6.20 Å². The molecule has 0 amide bonds. The highest BCUT2D eigenvalue weighted by Crippen LogP contribution is 2.12. The van der Waals surface area contributed by atoms with Crippen molar-refractivity contribution < 1.29 is 0 Å².